The van der Waals surface area contributed by atoms with Gasteiger partial charge in [-0.3, -0.25) is 9.36 Å². The molecule has 6 heteroatoms. The molecule has 0 bridgehead atoms. The Morgan fingerprint density at radius 1 is 1.22 bits per heavy atom. The van der Waals surface area contributed by atoms with Crippen molar-refractivity contribution in [1.29, 1.82) is 5.26 Å². The van der Waals surface area contributed by atoms with Gasteiger partial charge in [0.15, 0.2) is 5.16 Å². The summed E-state index contributed by atoms with van der Waals surface area (Å²) < 4.78 is 1.65. The van der Waals surface area contributed by atoms with Crippen LogP contribution >= 0.6 is 23.4 Å². The molecule has 4 nitrogen and oxygen atoms in total. The van der Waals surface area contributed by atoms with Gasteiger partial charge in [0.1, 0.15) is 5.25 Å². The number of nitrogens with zero attached hydrogens (tertiary/aromatic N) is 3. The topological polar surface area (TPSA) is 58.7 Å². The van der Waals surface area contributed by atoms with E-state index in [0.29, 0.717) is 27.5 Å². The highest BCUT2D eigenvalue weighted by atomic mass is 35.5. The van der Waals surface area contributed by atoms with Crippen molar-refractivity contribution in [2.75, 3.05) is 0 Å². The normalized spacial score (nSPS) is 12.3. The molecule has 1 atom stereocenters. The largest absolute Gasteiger partial charge is 0.284 e. The first-order chi connectivity index (χ1) is 12.9. The predicted molar refractivity (Wildman–Crippen MR) is 112 cm³/mol. The van der Waals surface area contributed by atoms with Gasteiger partial charge in [0.25, 0.3) is 5.56 Å². The number of aryl methyl sites for hydroxylation is 1. The molecule has 27 heavy (non-hydrogen) atoms. The minimum absolute atomic E-state index is 0.0636. The van der Waals surface area contributed by atoms with Crippen LogP contribution in [0.4, 0.5) is 0 Å². The molecule has 3 rings (SSSR count). The highest BCUT2D eigenvalue weighted by molar-refractivity contribution is 8.00. The zero-order chi connectivity index (χ0) is 19.6. The van der Waals surface area contributed by atoms with Crippen LogP contribution in [0.25, 0.3) is 10.9 Å². The third-order valence-electron chi connectivity index (χ3n) is 4.28. The summed E-state index contributed by atoms with van der Waals surface area (Å²) in [6.07, 6.45) is 0.586. The lowest BCUT2D eigenvalue weighted by molar-refractivity contribution is 0.518. The first-order valence-electron chi connectivity index (χ1n) is 8.72. The molecule has 0 N–H and O–H groups in total. The van der Waals surface area contributed by atoms with E-state index in [1.165, 1.54) is 17.3 Å². The Balaban J connectivity index is 2.01. The monoisotopic (exact) mass is 397 g/mol. The molecule has 0 unspecified atom stereocenters. The number of rotatable bonds is 5. The van der Waals surface area contributed by atoms with Crippen LogP contribution in [-0.2, 0) is 6.42 Å². The second-order valence-electron chi connectivity index (χ2n) is 6.75. The molecule has 0 amide bonds. The van der Waals surface area contributed by atoms with Crippen LogP contribution in [0.15, 0.2) is 52.4 Å². The van der Waals surface area contributed by atoms with Gasteiger partial charge < -0.3 is 0 Å². The zero-order valence-corrected chi connectivity index (χ0v) is 17.0. The lowest BCUT2D eigenvalue weighted by Crippen LogP contribution is -2.25. The second-order valence-corrected chi connectivity index (χ2v) is 8.36. The van der Waals surface area contributed by atoms with E-state index in [1.54, 1.807) is 22.8 Å². The van der Waals surface area contributed by atoms with E-state index >= 15 is 0 Å². The fourth-order valence-electron chi connectivity index (χ4n) is 2.87. The van der Waals surface area contributed by atoms with E-state index in [1.807, 2.05) is 45.0 Å². The van der Waals surface area contributed by atoms with Crippen molar-refractivity contribution in [2.45, 2.75) is 43.6 Å². The van der Waals surface area contributed by atoms with Crippen LogP contribution in [-0.4, -0.2) is 14.8 Å². The molecule has 2 aromatic carbocycles. The van der Waals surface area contributed by atoms with Crippen molar-refractivity contribution >= 4 is 34.3 Å². The molecule has 0 radical (unpaired) electrons. The van der Waals surface area contributed by atoms with Crippen molar-refractivity contribution < 1.29 is 0 Å². The van der Waals surface area contributed by atoms with Gasteiger partial charge in [-0.2, -0.15) is 5.26 Å². The third kappa shape index (κ3) is 4.35. The molecule has 0 saturated carbocycles. The first-order valence-corrected chi connectivity index (χ1v) is 9.98. The fraction of sp³-hybridized carbons (Fsp3) is 0.286. The molecular weight excluding hydrogens is 378 g/mol. The Hall–Kier alpha value is -2.29. The van der Waals surface area contributed by atoms with Crippen LogP contribution in [0, 0.1) is 18.3 Å². The number of benzene rings is 2. The van der Waals surface area contributed by atoms with Crippen LogP contribution in [0.2, 0.25) is 5.02 Å². The van der Waals surface area contributed by atoms with Gasteiger partial charge in [0.05, 0.1) is 17.0 Å². The van der Waals surface area contributed by atoms with Crippen LogP contribution in [0.5, 0.6) is 0 Å². The van der Waals surface area contributed by atoms with Crippen molar-refractivity contribution in [2.24, 2.45) is 0 Å². The Kier molecular flexibility index (Phi) is 5.88. The van der Waals surface area contributed by atoms with Gasteiger partial charge in [-0.05, 0) is 51.0 Å². The minimum atomic E-state index is -0.346. The molecule has 3 aromatic rings. The van der Waals surface area contributed by atoms with Crippen LogP contribution in [0.3, 0.4) is 0 Å². The highest BCUT2D eigenvalue weighted by Gasteiger charge is 2.19. The lowest BCUT2D eigenvalue weighted by Gasteiger charge is -2.18. The molecule has 1 heterocycles. The standard InChI is InChI=1S/C21H20ClN3OS/c1-13(2)25-20(26)18-9-8-16(22)11-19(18)24-21(25)27-17(12-23)10-15-6-4-14(3)5-7-15/h4-9,11,13,17H,10H2,1-3H3/t17-/m0/s1. The van der Waals surface area contributed by atoms with Gasteiger partial charge >= 0.3 is 0 Å². The third-order valence-corrected chi connectivity index (χ3v) is 5.57. The summed E-state index contributed by atoms with van der Waals surface area (Å²) in [5.41, 5.74) is 2.71. The zero-order valence-electron chi connectivity index (χ0n) is 15.4. The van der Waals surface area contributed by atoms with Crippen molar-refractivity contribution in [3.63, 3.8) is 0 Å². The second kappa shape index (κ2) is 8.16. The Morgan fingerprint density at radius 2 is 1.93 bits per heavy atom. The van der Waals surface area contributed by atoms with E-state index in [0.717, 1.165) is 5.56 Å². The summed E-state index contributed by atoms with van der Waals surface area (Å²) >= 11 is 7.40. The van der Waals surface area contributed by atoms with Gasteiger partial charge in [-0.1, -0.05) is 53.2 Å². The Morgan fingerprint density at radius 3 is 2.56 bits per heavy atom. The van der Waals surface area contributed by atoms with E-state index in [4.69, 9.17) is 11.6 Å². The Labute approximate surface area is 167 Å². The molecule has 0 fully saturated rings. The summed E-state index contributed by atoms with van der Waals surface area (Å²) in [4.78, 5) is 17.6. The van der Waals surface area contributed by atoms with E-state index in [2.05, 4.69) is 11.1 Å². The number of fused-ring (bicyclic) bond motifs is 1. The smallest absolute Gasteiger partial charge is 0.262 e. The predicted octanol–water partition coefficient (Wildman–Crippen LogP) is 5.17. The number of nitriles is 1. The Bertz CT molecular complexity index is 1070. The summed E-state index contributed by atoms with van der Waals surface area (Å²) in [6.45, 7) is 5.91. The first kappa shape index (κ1) is 19.5. The lowest BCUT2D eigenvalue weighted by atomic mass is 10.1. The quantitative estimate of drug-likeness (QED) is 0.440. The summed E-state index contributed by atoms with van der Waals surface area (Å²) in [7, 11) is 0. The maximum Gasteiger partial charge on any atom is 0.262 e. The molecule has 0 aliphatic carbocycles. The molecule has 0 aliphatic heterocycles. The van der Waals surface area contributed by atoms with Gasteiger partial charge in [0.2, 0.25) is 0 Å². The minimum Gasteiger partial charge on any atom is -0.284 e. The number of hydrogen-bond donors (Lipinski definition) is 0. The summed E-state index contributed by atoms with van der Waals surface area (Å²) in [6, 6.07) is 15.5. The number of aromatic nitrogens is 2. The van der Waals surface area contributed by atoms with Gasteiger partial charge in [-0.25, -0.2) is 4.98 Å². The number of thioether (sulfide) groups is 1. The van der Waals surface area contributed by atoms with Crippen LogP contribution < -0.4 is 5.56 Å². The molecular formula is C21H20ClN3OS. The maximum absolute atomic E-state index is 13.0. The van der Waals surface area contributed by atoms with Gasteiger partial charge in [0, 0.05) is 11.1 Å². The van der Waals surface area contributed by atoms with Crippen LogP contribution in [0.1, 0.15) is 31.0 Å². The van der Waals surface area contributed by atoms with Crippen molar-refractivity contribution in [3.8, 4) is 6.07 Å². The average molecular weight is 398 g/mol. The van der Waals surface area contributed by atoms with Gasteiger partial charge in [-0.15, -0.1) is 0 Å². The SMILES string of the molecule is Cc1ccc(C[C@@H](C#N)Sc2nc3cc(Cl)ccc3c(=O)n2C(C)C)cc1. The molecule has 0 spiro atoms. The molecule has 0 saturated heterocycles. The van der Waals surface area contributed by atoms with E-state index in [9.17, 15) is 10.1 Å². The van der Waals surface area contributed by atoms with Crippen molar-refractivity contribution in [3.05, 3.63) is 69.0 Å². The average Bonchev–Trinajstić information content (AvgIpc) is 2.62. The molecule has 0 aliphatic rings. The molecule has 138 valence electrons. The highest BCUT2D eigenvalue weighted by Crippen LogP contribution is 2.27. The number of hydrogen-bond acceptors (Lipinski definition) is 4. The van der Waals surface area contributed by atoms with Crippen molar-refractivity contribution in [1.82, 2.24) is 9.55 Å². The van der Waals surface area contributed by atoms with E-state index < -0.39 is 0 Å². The maximum atomic E-state index is 13.0. The number of halogens is 1. The molecule has 1 aromatic heterocycles. The summed E-state index contributed by atoms with van der Waals surface area (Å²) in [5.74, 6) is 0. The summed E-state index contributed by atoms with van der Waals surface area (Å²) in [5, 5.41) is 10.9. The fourth-order valence-corrected chi connectivity index (χ4v) is 4.18. The van der Waals surface area contributed by atoms with E-state index in [-0.39, 0.29) is 16.9 Å².